The van der Waals surface area contributed by atoms with Crippen LogP contribution in [0.4, 0.5) is 5.69 Å². The first-order valence-electron chi connectivity index (χ1n) is 5.79. The first kappa shape index (κ1) is 11.8. The van der Waals surface area contributed by atoms with Crippen LogP contribution in [0.15, 0.2) is 42.2 Å². The Morgan fingerprint density at radius 3 is 2.84 bits per heavy atom. The fourth-order valence-electron chi connectivity index (χ4n) is 1.78. The molecule has 5 heteroatoms. The summed E-state index contributed by atoms with van der Waals surface area (Å²) in [6, 6.07) is 7.70. The standard InChI is InChI=1S/C14H11N3OS/c1-9-2-4-10(5-3-9)17-14(18)11-7-19-12-6-15-8-16-13(11)12/h2-8H,1H3,(H,17,18). The second kappa shape index (κ2) is 4.78. The molecular formula is C14H11N3OS. The van der Waals surface area contributed by atoms with Gasteiger partial charge in [0.25, 0.3) is 5.91 Å². The number of fused-ring (bicyclic) bond motifs is 1. The summed E-state index contributed by atoms with van der Waals surface area (Å²) in [4.78, 5) is 20.3. The topological polar surface area (TPSA) is 54.9 Å². The Balaban J connectivity index is 1.90. The fraction of sp³-hybridized carbons (Fsp3) is 0.0714. The van der Waals surface area contributed by atoms with Gasteiger partial charge in [0, 0.05) is 17.3 Å². The average molecular weight is 269 g/mol. The number of aromatic nitrogens is 2. The number of nitrogens with one attached hydrogen (secondary N) is 1. The van der Waals surface area contributed by atoms with Gasteiger partial charge >= 0.3 is 0 Å². The number of nitrogens with zero attached hydrogens (tertiary/aromatic N) is 2. The number of rotatable bonds is 2. The van der Waals surface area contributed by atoms with E-state index >= 15 is 0 Å². The van der Waals surface area contributed by atoms with E-state index in [0.717, 1.165) is 16.0 Å². The van der Waals surface area contributed by atoms with Crippen LogP contribution in [0.5, 0.6) is 0 Å². The molecule has 0 bridgehead atoms. The molecule has 2 aromatic heterocycles. The molecule has 3 rings (SSSR count). The molecule has 0 radical (unpaired) electrons. The molecule has 1 N–H and O–H groups in total. The zero-order valence-electron chi connectivity index (χ0n) is 10.3. The fourth-order valence-corrected chi connectivity index (χ4v) is 2.64. The minimum Gasteiger partial charge on any atom is -0.322 e. The number of thiophene rings is 1. The van der Waals surface area contributed by atoms with Gasteiger partial charge in [-0.05, 0) is 19.1 Å². The smallest absolute Gasteiger partial charge is 0.258 e. The first-order chi connectivity index (χ1) is 9.24. The minimum absolute atomic E-state index is 0.145. The summed E-state index contributed by atoms with van der Waals surface area (Å²) >= 11 is 1.47. The third-order valence-corrected chi connectivity index (χ3v) is 3.70. The zero-order valence-corrected chi connectivity index (χ0v) is 11.1. The molecule has 4 nitrogen and oxygen atoms in total. The van der Waals surface area contributed by atoms with E-state index in [0.29, 0.717) is 11.1 Å². The van der Waals surface area contributed by atoms with Gasteiger partial charge in [0.05, 0.1) is 15.8 Å². The molecule has 0 aliphatic carbocycles. The summed E-state index contributed by atoms with van der Waals surface area (Å²) in [7, 11) is 0. The number of carbonyl (C=O) groups excluding carboxylic acids is 1. The molecule has 1 aromatic carbocycles. The van der Waals surface area contributed by atoms with Crippen molar-refractivity contribution in [3.63, 3.8) is 0 Å². The number of hydrogen-bond acceptors (Lipinski definition) is 4. The molecule has 0 unspecified atom stereocenters. The van der Waals surface area contributed by atoms with Crippen molar-refractivity contribution >= 4 is 33.1 Å². The van der Waals surface area contributed by atoms with Crippen LogP contribution >= 0.6 is 11.3 Å². The van der Waals surface area contributed by atoms with Crippen LogP contribution in [0.3, 0.4) is 0 Å². The maximum absolute atomic E-state index is 12.2. The molecule has 3 aromatic rings. The molecular weight excluding hydrogens is 258 g/mol. The highest BCUT2D eigenvalue weighted by Gasteiger charge is 2.13. The largest absolute Gasteiger partial charge is 0.322 e. The van der Waals surface area contributed by atoms with Crippen molar-refractivity contribution < 1.29 is 4.79 Å². The van der Waals surface area contributed by atoms with Gasteiger partial charge in [-0.1, -0.05) is 17.7 Å². The molecule has 0 spiro atoms. The maximum Gasteiger partial charge on any atom is 0.258 e. The van der Waals surface area contributed by atoms with E-state index in [2.05, 4.69) is 15.3 Å². The van der Waals surface area contributed by atoms with Gasteiger partial charge in [0.1, 0.15) is 6.33 Å². The molecule has 0 aliphatic rings. The van der Waals surface area contributed by atoms with Crippen LogP contribution in [-0.4, -0.2) is 15.9 Å². The van der Waals surface area contributed by atoms with Gasteiger partial charge in [0.15, 0.2) is 0 Å². The molecule has 0 saturated heterocycles. The Labute approximate surface area is 114 Å². The Hall–Kier alpha value is -2.27. The number of carbonyl (C=O) groups is 1. The van der Waals surface area contributed by atoms with Crippen LogP contribution in [0.2, 0.25) is 0 Å². The quantitative estimate of drug-likeness (QED) is 0.777. The van der Waals surface area contributed by atoms with Crippen molar-refractivity contribution in [1.82, 2.24) is 9.97 Å². The lowest BCUT2D eigenvalue weighted by molar-refractivity contribution is 0.102. The Morgan fingerprint density at radius 1 is 1.26 bits per heavy atom. The van der Waals surface area contributed by atoms with E-state index in [9.17, 15) is 4.79 Å². The van der Waals surface area contributed by atoms with Gasteiger partial charge in [-0.2, -0.15) is 0 Å². The van der Waals surface area contributed by atoms with Crippen molar-refractivity contribution in [3.05, 3.63) is 53.3 Å². The molecule has 0 saturated carbocycles. The summed E-state index contributed by atoms with van der Waals surface area (Å²) in [5, 5.41) is 4.68. The van der Waals surface area contributed by atoms with E-state index in [1.165, 1.54) is 17.7 Å². The van der Waals surface area contributed by atoms with E-state index in [-0.39, 0.29) is 5.91 Å². The number of hydrogen-bond donors (Lipinski definition) is 1. The maximum atomic E-state index is 12.2. The van der Waals surface area contributed by atoms with Crippen LogP contribution in [0.25, 0.3) is 10.2 Å². The number of benzene rings is 1. The van der Waals surface area contributed by atoms with Crippen LogP contribution in [-0.2, 0) is 0 Å². The van der Waals surface area contributed by atoms with E-state index in [1.807, 2.05) is 36.6 Å². The number of anilines is 1. The zero-order chi connectivity index (χ0) is 13.2. The highest BCUT2D eigenvalue weighted by Crippen LogP contribution is 2.23. The summed E-state index contributed by atoms with van der Waals surface area (Å²) in [6.07, 6.45) is 3.17. The van der Waals surface area contributed by atoms with Crippen molar-refractivity contribution in [3.8, 4) is 0 Å². The number of aryl methyl sites for hydroxylation is 1. The van der Waals surface area contributed by atoms with E-state index in [4.69, 9.17) is 0 Å². The first-order valence-corrected chi connectivity index (χ1v) is 6.67. The van der Waals surface area contributed by atoms with Crippen molar-refractivity contribution in [2.24, 2.45) is 0 Å². The Kier molecular flexibility index (Phi) is 2.97. The van der Waals surface area contributed by atoms with Gasteiger partial charge in [-0.25, -0.2) is 9.97 Å². The van der Waals surface area contributed by atoms with E-state index in [1.54, 1.807) is 6.20 Å². The SMILES string of the molecule is Cc1ccc(NC(=O)c2csc3cncnc23)cc1. The highest BCUT2D eigenvalue weighted by atomic mass is 32.1. The molecule has 0 atom stereocenters. The van der Waals surface area contributed by atoms with Gasteiger partial charge < -0.3 is 5.32 Å². The molecule has 0 fully saturated rings. The second-order valence-electron chi connectivity index (χ2n) is 4.21. The molecule has 94 valence electrons. The average Bonchev–Trinajstić information content (AvgIpc) is 2.85. The van der Waals surface area contributed by atoms with Crippen molar-refractivity contribution in [2.45, 2.75) is 6.92 Å². The van der Waals surface area contributed by atoms with Crippen LogP contribution in [0.1, 0.15) is 15.9 Å². The lowest BCUT2D eigenvalue weighted by atomic mass is 10.2. The predicted octanol–water partition coefficient (Wildman–Crippen LogP) is 3.25. The lowest BCUT2D eigenvalue weighted by Crippen LogP contribution is -2.11. The van der Waals surface area contributed by atoms with Crippen LogP contribution < -0.4 is 5.32 Å². The predicted molar refractivity (Wildman–Crippen MR) is 76.5 cm³/mol. The third kappa shape index (κ3) is 2.32. The summed E-state index contributed by atoms with van der Waals surface area (Å²) in [5.41, 5.74) is 3.23. The lowest BCUT2D eigenvalue weighted by Gasteiger charge is -2.04. The number of amides is 1. The molecule has 1 amide bonds. The molecule has 19 heavy (non-hydrogen) atoms. The Morgan fingerprint density at radius 2 is 2.05 bits per heavy atom. The Bertz CT molecular complexity index is 734. The molecule has 2 heterocycles. The summed E-state index contributed by atoms with van der Waals surface area (Å²) in [6.45, 7) is 2.01. The van der Waals surface area contributed by atoms with Gasteiger partial charge in [-0.3, -0.25) is 4.79 Å². The van der Waals surface area contributed by atoms with Crippen molar-refractivity contribution in [1.29, 1.82) is 0 Å². The molecule has 0 aliphatic heterocycles. The third-order valence-electron chi connectivity index (χ3n) is 2.79. The van der Waals surface area contributed by atoms with Crippen LogP contribution in [0, 0.1) is 6.92 Å². The minimum atomic E-state index is -0.145. The normalized spacial score (nSPS) is 10.6. The summed E-state index contributed by atoms with van der Waals surface area (Å²) in [5.74, 6) is -0.145. The monoisotopic (exact) mass is 269 g/mol. The van der Waals surface area contributed by atoms with E-state index < -0.39 is 0 Å². The summed E-state index contributed by atoms with van der Waals surface area (Å²) < 4.78 is 0.913. The van der Waals surface area contributed by atoms with Crippen molar-refractivity contribution in [2.75, 3.05) is 5.32 Å². The second-order valence-corrected chi connectivity index (χ2v) is 5.12. The van der Waals surface area contributed by atoms with Gasteiger partial charge in [0.2, 0.25) is 0 Å². The highest BCUT2D eigenvalue weighted by molar-refractivity contribution is 7.17. The van der Waals surface area contributed by atoms with Gasteiger partial charge in [-0.15, -0.1) is 11.3 Å².